The van der Waals surface area contributed by atoms with Crippen molar-refractivity contribution in [2.75, 3.05) is 12.8 Å². The molecule has 0 unspecified atom stereocenters. The van der Waals surface area contributed by atoms with E-state index in [-0.39, 0.29) is 5.91 Å². The average Bonchev–Trinajstić information content (AvgIpc) is 2.85. The fourth-order valence-corrected chi connectivity index (χ4v) is 2.47. The zero-order valence-corrected chi connectivity index (χ0v) is 11.3. The Bertz CT molecular complexity index is 554. The molecule has 96 valence electrons. The van der Waals surface area contributed by atoms with Crippen molar-refractivity contribution in [2.24, 2.45) is 0 Å². The number of nitrogen functional groups attached to an aromatic ring is 1. The Kier molecular flexibility index (Phi) is 3.33. The van der Waals surface area contributed by atoms with Crippen LogP contribution in [0.2, 0.25) is 0 Å². The molecule has 18 heavy (non-hydrogen) atoms. The van der Waals surface area contributed by atoms with E-state index in [4.69, 9.17) is 5.73 Å². The van der Waals surface area contributed by atoms with Crippen LogP contribution in [0.3, 0.4) is 0 Å². The van der Waals surface area contributed by atoms with Crippen molar-refractivity contribution in [1.82, 2.24) is 20.1 Å². The van der Waals surface area contributed by atoms with Crippen molar-refractivity contribution in [1.29, 1.82) is 0 Å². The summed E-state index contributed by atoms with van der Waals surface area (Å²) in [7, 11) is 1.72. The third-order valence-electron chi connectivity index (χ3n) is 2.54. The Morgan fingerprint density at radius 3 is 2.78 bits per heavy atom. The van der Waals surface area contributed by atoms with E-state index in [1.807, 2.05) is 13.8 Å². The molecular formula is C11H15N5OS. The summed E-state index contributed by atoms with van der Waals surface area (Å²) < 4.78 is 0. The quantitative estimate of drug-likeness (QED) is 0.876. The van der Waals surface area contributed by atoms with E-state index in [9.17, 15) is 4.79 Å². The normalized spacial score (nSPS) is 10.6. The lowest BCUT2D eigenvalue weighted by Crippen LogP contribution is -2.26. The first-order chi connectivity index (χ1) is 8.47. The Hall–Kier alpha value is -1.89. The van der Waals surface area contributed by atoms with Gasteiger partial charge in [0.15, 0.2) is 5.82 Å². The molecule has 0 aromatic carbocycles. The van der Waals surface area contributed by atoms with Crippen molar-refractivity contribution < 1.29 is 4.79 Å². The van der Waals surface area contributed by atoms with Crippen LogP contribution in [0, 0.1) is 13.8 Å². The molecule has 0 aliphatic rings. The van der Waals surface area contributed by atoms with Gasteiger partial charge in [0, 0.05) is 17.6 Å². The molecule has 0 saturated carbocycles. The Morgan fingerprint density at radius 1 is 1.56 bits per heavy atom. The molecule has 1 amide bonds. The Labute approximate surface area is 109 Å². The molecule has 0 aliphatic carbocycles. The fraction of sp³-hybridized carbons (Fsp3) is 0.364. The van der Waals surface area contributed by atoms with E-state index in [0.717, 1.165) is 10.7 Å². The summed E-state index contributed by atoms with van der Waals surface area (Å²) in [6.07, 6.45) is 0. The number of anilines is 1. The van der Waals surface area contributed by atoms with Crippen molar-refractivity contribution in [2.45, 2.75) is 20.4 Å². The largest absolute Gasteiger partial charge is 0.398 e. The van der Waals surface area contributed by atoms with Gasteiger partial charge >= 0.3 is 0 Å². The molecule has 2 aromatic rings. The van der Waals surface area contributed by atoms with E-state index >= 15 is 0 Å². The SMILES string of the molecule is Cc1nc(CN(C)C(=O)c2cc(N)c(C)s2)n[nH]1. The number of carbonyl (C=O) groups excluding carboxylic acids is 1. The van der Waals surface area contributed by atoms with Gasteiger partial charge in [0.1, 0.15) is 5.82 Å². The molecule has 0 radical (unpaired) electrons. The van der Waals surface area contributed by atoms with Crippen LogP contribution in [0.1, 0.15) is 26.2 Å². The monoisotopic (exact) mass is 265 g/mol. The highest BCUT2D eigenvalue weighted by atomic mass is 32.1. The summed E-state index contributed by atoms with van der Waals surface area (Å²) in [5, 5.41) is 6.75. The number of amides is 1. The second kappa shape index (κ2) is 4.77. The van der Waals surface area contributed by atoms with E-state index in [2.05, 4.69) is 15.2 Å². The van der Waals surface area contributed by atoms with Crippen molar-refractivity contribution in [3.63, 3.8) is 0 Å². The van der Waals surface area contributed by atoms with Gasteiger partial charge in [0.05, 0.1) is 11.4 Å². The summed E-state index contributed by atoms with van der Waals surface area (Å²) in [6, 6.07) is 1.71. The average molecular weight is 265 g/mol. The third-order valence-corrected chi connectivity index (χ3v) is 3.59. The number of nitrogens with two attached hydrogens (primary N) is 1. The number of nitrogens with one attached hydrogen (secondary N) is 1. The molecular weight excluding hydrogens is 250 g/mol. The molecule has 6 nitrogen and oxygen atoms in total. The van der Waals surface area contributed by atoms with E-state index < -0.39 is 0 Å². The lowest BCUT2D eigenvalue weighted by Gasteiger charge is -2.13. The molecule has 0 atom stereocenters. The molecule has 0 bridgehead atoms. The maximum absolute atomic E-state index is 12.1. The number of hydrogen-bond acceptors (Lipinski definition) is 5. The number of carbonyl (C=O) groups is 1. The van der Waals surface area contributed by atoms with Gasteiger partial charge in [-0.3, -0.25) is 9.89 Å². The second-order valence-electron chi connectivity index (χ2n) is 4.12. The van der Waals surface area contributed by atoms with Gasteiger partial charge < -0.3 is 10.6 Å². The van der Waals surface area contributed by atoms with E-state index in [0.29, 0.717) is 22.9 Å². The number of aromatic amines is 1. The van der Waals surface area contributed by atoms with E-state index in [1.54, 1.807) is 18.0 Å². The number of aromatic nitrogens is 3. The highest BCUT2D eigenvalue weighted by Crippen LogP contribution is 2.24. The first-order valence-electron chi connectivity index (χ1n) is 5.46. The van der Waals surface area contributed by atoms with Gasteiger partial charge in [-0.15, -0.1) is 11.3 Å². The number of hydrogen-bond donors (Lipinski definition) is 2. The Morgan fingerprint density at radius 2 is 2.28 bits per heavy atom. The van der Waals surface area contributed by atoms with Crippen molar-refractivity contribution in [3.8, 4) is 0 Å². The zero-order chi connectivity index (χ0) is 13.3. The minimum absolute atomic E-state index is 0.0674. The predicted molar refractivity (Wildman–Crippen MR) is 70.4 cm³/mol. The summed E-state index contributed by atoms with van der Waals surface area (Å²) >= 11 is 1.40. The number of H-pyrrole nitrogens is 1. The third kappa shape index (κ3) is 2.51. The lowest BCUT2D eigenvalue weighted by molar-refractivity contribution is 0.0786. The lowest BCUT2D eigenvalue weighted by atomic mass is 10.3. The molecule has 0 spiro atoms. The van der Waals surface area contributed by atoms with Gasteiger partial charge in [-0.25, -0.2) is 4.98 Å². The number of rotatable bonds is 3. The summed E-state index contributed by atoms with van der Waals surface area (Å²) in [4.78, 5) is 19.5. The van der Waals surface area contributed by atoms with Crippen LogP contribution in [-0.2, 0) is 6.54 Å². The van der Waals surface area contributed by atoms with Gasteiger partial charge in [0.2, 0.25) is 0 Å². The summed E-state index contributed by atoms with van der Waals surface area (Å²) in [5.74, 6) is 1.27. The maximum Gasteiger partial charge on any atom is 0.264 e. The Balaban J connectivity index is 2.09. The number of aryl methyl sites for hydroxylation is 2. The summed E-state index contributed by atoms with van der Waals surface area (Å²) in [6.45, 7) is 4.09. The standard InChI is InChI=1S/C11H15N5OS/c1-6-8(12)4-9(18-6)11(17)16(3)5-10-13-7(2)14-15-10/h4H,5,12H2,1-3H3,(H,13,14,15). The van der Waals surface area contributed by atoms with Gasteiger partial charge in [0.25, 0.3) is 5.91 Å². The summed E-state index contributed by atoms with van der Waals surface area (Å²) in [5.41, 5.74) is 6.40. The first kappa shape index (κ1) is 12.6. The second-order valence-corrected chi connectivity index (χ2v) is 5.38. The van der Waals surface area contributed by atoms with Crippen molar-refractivity contribution in [3.05, 3.63) is 27.5 Å². The molecule has 2 aromatic heterocycles. The molecule has 2 heterocycles. The molecule has 3 N–H and O–H groups in total. The number of nitrogens with zero attached hydrogens (tertiary/aromatic N) is 3. The van der Waals surface area contributed by atoms with Crippen LogP contribution in [0.25, 0.3) is 0 Å². The zero-order valence-electron chi connectivity index (χ0n) is 10.5. The van der Waals surface area contributed by atoms with Crippen LogP contribution in [0.5, 0.6) is 0 Å². The number of thiophene rings is 1. The molecule has 7 heteroatoms. The molecule has 0 saturated heterocycles. The van der Waals surface area contributed by atoms with Crippen LogP contribution >= 0.6 is 11.3 Å². The molecule has 0 fully saturated rings. The van der Waals surface area contributed by atoms with Crippen LogP contribution < -0.4 is 5.73 Å². The predicted octanol–water partition coefficient (Wildman–Crippen LogP) is 1.34. The fourth-order valence-electron chi connectivity index (χ4n) is 1.53. The van der Waals surface area contributed by atoms with Crippen LogP contribution in [-0.4, -0.2) is 33.0 Å². The van der Waals surface area contributed by atoms with Gasteiger partial charge in [-0.1, -0.05) is 0 Å². The van der Waals surface area contributed by atoms with Crippen LogP contribution in [0.15, 0.2) is 6.07 Å². The topological polar surface area (TPSA) is 87.9 Å². The first-order valence-corrected chi connectivity index (χ1v) is 6.28. The minimum atomic E-state index is -0.0674. The van der Waals surface area contributed by atoms with Crippen LogP contribution in [0.4, 0.5) is 5.69 Å². The highest BCUT2D eigenvalue weighted by molar-refractivity contribution is 7.14. The molecule has 2 rings (SSSR count). The molecule has 0 aliphatic heterocycles. The van der Waals surface area contributed by atoms with E-state index in [1.165, 1.54) is 11.3 Å². The van der Waals surface area contributed by atoms with Crippen molar-refractivity contribution >= 4 is 22.9 Å². The highest BCUT2D eigenvalue weighted by Gasteiger charge is 2.17. The smallest absolute Gasteiger partial charge is 0.264 e. The van der Waals surface area contributed by atoms with Gasteiger partial charge in [-0.2, -0.15) is 5.10 Å². The minimum Gasteiger partial charge on any atom is -0.398 e. The van der Waals surface area contributed by atoms with Gasteiger partial charge in [-0.05, 0) is 19.9 Å². The maximum atomic E-state index is 12.1.